The van der Waals surface area contributed by atoms with Crippen LogP contribution in [0, 0.1) is 0 Å². The quantitative estimate of drug-likeness (QED) is 0.119. The molecule has 0 aliphatic heterocycles. The van der Waals surface area contributed by atoms with Crippen LogP contribution in [0.1, 0.15) is 122 Å². The van der Waals surface area contributed by atoms with Crippen LogP contribution in [0.15, 0.2) is 30.3 Å². The van der Waals surface area contributed by atoms with Gasteiger partial charge >= 0.3 is 12.1 Å². The summed E-state index contributed by atoms with van der Waals surface area (Å²) in [7, 11) is 0. The van der Waals surface area contributed by atoms with Gasteiger partial charge in [0.05, 0.1) is 6.61 Å². The Morgan fingerprint density at radius 1 is 0.750 bits per heavy atom. The number of carbonyl (C=O) groups is 2. The van der Waals surface area contributed by atoms with E-state index in [0.717, 1.165) is 31.2 Å². The minimum atomic E-state index is -0.702. The maximum Gasteiger partial charge on any atom is 0.408 e. The Bertz CT molecular complexity index is 654. The number of ether oxygens (including phenoxy) is 2. The van der Waals surface area contributed by atoms with Crippen molar-refractivity contribution in [3.63, 3.8) is 0 Å². The lowest BCUT2D eigenvalue weighted by Crippen LogP contribution is -2.42. The van der Waals surface area contributed by atoms with Crippen LogP contribution in [0.2, 0.25) is 0 Å². The number of nitrogens with one attached hydrogen (secondary N) is 1. The first-order valence-electron chi connectivity index (χ1n) is 14.5. The van der Waals surface area contributed by atoms with Gasteiger partial charge in [0.25, 0.3) is 0 Å². The molecule has 1 aromatic rings. The molecule has 0 spiro atoms. The molecule has 0 saturated carbocycles. The maximum absolute atomic E-state index is 12.6. The number of rotatable bonds is 23. The van der Waals surface area contributed by atoms with E-state index in [0.29, 0.717) is 19.6 Å². The summed E-state index contributed by atoms with van der Waals surface area (Å²) in [6.07, 6.45) is 19.5. The monoisotopic (exact) mass is 504 g/mol. The molecule has 0 aliphatic rings. The molecule has 1 amide bonds. The predicted octanol–water partition coefficient (Wildman–Crippen LogP) is 7.43. The molecule has 0 bridgehead atoms. The van der Waals surface area contributed by atoms with Crippen molar-refractivity contribution >= 4 is 12.1 Å². The number of benzene rings is 1. The predicted molar refractivity (Wildman–Crippen MR) is 148 cm³/mol. The first kappa shape index (κ1) is 31.9. The van der Waals surface area contributed by atoms with Gasteiger partial charge < -0.3 is 20.5 Å². The summed E-state index contributed by atoms with van der Waals surface area (Å²) in [6.45, 7) is 3.38. The van der Waals surface area contributed by atoms with Gasteiger partial charge in [-0.2, -0.15) is 0 Å². The lowest BCUT2D eigenvalue weighted by atomic mass is 10.0. The van der Waals surface area contributed by atoms with E-state index in [2.05, 4.69) is 12.2 Å². The van der Waals surface area contributed by atoms with Gasteiger partial charge in [-0.1, -0.05) is 121 Å². The average Bonchev–Trinajstić information content (AvgIpc) is 2.89. The van der Waals surface area contributed by atoms with E-state index in [9.17, 15) is 9.59 Å². The zero-order valence-electron chi connectivity index (χ0n) is 22.8. The maximum atomic E-state index is 12.6. The highest BCUT2D eigenvalue weighted by Crippen LogP contribution is 2.13. The van der Waals surface area contributed by atoms with Gasteiger partial charge in [-0.3, -0.25) is 0 Å². The number of carbonyl (C=O) groups excluding carboxylic acids is 2. The smallest absolute Gasteiger partial charge is 0.408 e. The van der Waals surface area contributed by atoms with Crippen LogP contribution in [-0.2, 0) is 20.9 Å². The molecule has 3 N–H and O–H groups in total. The van der Waals surface area contributed by atoms with Crippen LogP contribution in [0.4, 0.5) is 4.79 Å². The third-order valence-electron chi connectivity index (χ3n) is 6.48. The lowest BCUT2D eigenvalue weighted by molar-refractivity contribution is -0.146. The Morgan fingerprint density at radius 2 is 1.31 bits per heavy atom. The molecule has 1 unspecified atom stereocenters. The summed E-state index contributed by atoms with van der Waals surface area (Å²) in [5, 5.41) is 2.67. The molecule has 1 aromatic carbocycles. The summed E-state index contributed by atoms with van der Waals surface area (Å²) in [4.78, 5) is 24.8. The Balaban J connectivity index is 2.11. The lowest BCUT2D eigenvalue weighted by Gasteiger charge is -2.17. The molecule has 1 atom stereocenters. The second kappa shape index (κ2) is 23.3. The van der Waals surface area contributed by atoms with Gasteiger partial charge in [-0.15, -0.1) is 0 Å². The molecule has 1 rings (SSSR count). The minimum Gasteiger partial charge on any atom is -0.464 e. The standard InChI is InChI=1S/C30H52N2O4/c1-2-3-4-5-6-7-8-9-10-11-12-13-14-20-25-35-29(33)28(23-18-19-24-31)32-30(34)36-26-27-21-16-15-17-22-27/h15-17,21-22,28H,2-14,18-20,23-26,31H2,1H3,(H,32,34). The number of nitrogens with two attached hydrogens (primary N) is 1. The van der Waals surface area contributed by atoms with Crippen molar-refractivity contribution < 1.29 is 19.1 Å². The number of unbranched alkanes of at least 4 members (excludes halogenated alkanes) is 14. The molecule has 6 nitrogen and oxygen atoms in total. The van der Waals surface area contributed by atoms with E-state index in [-0.39, 0.29) is 6.61 Å². The molecule has 0 heterocycles. The van der Waals surface area contributed by atoms with E-state index < -0.39 is 18.1 Å². The molecule has 0 aliphatic carbocycles. The first-order valence-corrected chi connectivity index (χ1v) is 14.5. The van der Waals surface area contributed by atoms with Crippen LogP contribution in [0.25, 0.3) is 0 Å². The largest absolute Gasteiger partial charge is 0.464 e. The summed E-state index contributed by atoms with van der Waals surface area (Å²) < 4.78 is 10.7. The van der Waals surface area contributed by atoms with Crippen molar-refractivity contribution in [2.45, 2.75) is 129 Å². The number of hydrogen-bond donors (Lipinski definition) is 2. The highest BCUT2D eigenvalue weighted by Gasteiger charge is 2.22. The van der Waals surface area contributed by atoms with Gasteiger partial charge in [0, 0.05) is 0 Å². The molecule has 6 heteroatoms. The summed E-state index contributed by atoms with van der Waals surface area (Å²) in [6, 6.07) is 8.76. The Kier molecular flexibility index (Phi) is 20.7. The number of esters is 1. The Morgan fingerprint density at radius 3 is 1.86 bits per heavy atom. The van der Waals surface area contributed by atoms with Gasteiger partial charge in [-0.25, -0.2) is 9.59 Å². The van der Waals surface area contributed by atoms with Crippen molar-refractivity contribution in [3.8, 4) is 0 Å². The van der Waals surface area contributed by atoms with Crippen LogP contribution in [-0.4, -0.2) is 31.3 Å². The van der Waals surface area contributed by atoms with Crippen LogP contribution >= 0.6 is 0 Å². The Hall–Kier alpha value is -2.08. The fraction of sp³-hybridized carbons (Fsp3) is 0.733. The second-order valence-corrected chi connectivity index (χ2v) is 9.81. The molecule has 206 valence electrons. The third-order valence-corrected chi connectivity index (χ3v) is 6.48. The fourth-order valence-electron chi connectivity index (χ4n) is 4.22. The van der Waals surface area contributed by atoms with E-state index in [1.54, 1.807) is 0 Å². The molecule has 0 aromatic heterocycles. The summed E-state index contributed by atoms with van der Waals surface area (Å²) >= 11 is 0. The highest BCUT2D eigenvalue weighted by molar-refractivity contribution is 5.81. The van der Waals surface area contributed by atoms with Crippen molar-refractivity contribution in [3.05, 3.63) is 35.9 Å². The Labute approximate surface area is 220 Å². The van der Waals surface area contributed by atoms with E-state index in [4.69, 9.17) is 15.2 Å². The van der Waals surface area contributed by atoms with Crippen molar-refractivity contribution in [2.75, 3.05) is 13.2 Å². The zero-order chi connectivity index (χ0) is 26.1. The third kappa shape index (κ3) is 18.2. The van der Waals surface area contributed by atoms with Crippen LogP contribution < -0.4 is 11.1 Å². The summed E-state index contributed by atoms with van der Waals surface area (Å²) in [5.74, 6) is -0.390. The van der Waals surface area contributed by atoms with Gasteiger partial charge in [0.1, 0.15) is 12.6 Å². The average molecular weight is 505 g/mol. The van der Waals surface area contributed by atoms with Crippen LogP contribution in [0.5, 0.6) is 0 Å². The summed E-state index contributed by atoms with van der Waals surface area (Å²) in [5.41, 5.74) is 6.47. The van der Waals surface area contributed by atoms with Crippen molar-refractivity contribution in [1.29, 1.82) is 0 Å². The first-order chi connectivity index (χ1) is 17.7. The molecule has 0 radical (unpaired) electrons. The molecule has 0 fully saturated rings. The second-order valence-electron chi connectivity index (χ2n) is 9.81. The van der Waals surface area contributed by atoms with Gasteiger partial charge in [-0.05, 0) is 37.8 Å². The van der Waals surface area contributed by atoms with Crippen molar-refractivity contribution in [1.82, 2.24) is 5.32 Å². The van der Waals surface area contributed by atoms with E-state index >= 15 is 0 Å². The molecule has 0 saturated heterocycles. The zero-order valence-corrected chi connectivity index (χ0v) is 22.8. The fourth-order valence-corrected chi connectivity index (χ4v) is 4.22. The number of hydrogen-bond acceptors (Lipinski definition) is 5. The minimum absolute atomic E-state index is 0.163. The van der Waals surface area contributed by atoms with E-state index in [1.807, 2.05) is 30.3 Å². The van der Waals surface area contributed by atoms with Crippen LogP contribution in [0.3, 0.4) is 0 Å². The molecular formula is C30H52N2O4. The number of alkyl carbamates (subject to hydrolysis) is 1. The van der Waals surface area contributed by atoms with Gasteiger partial charge in [0.15, 0.2) is 0 Å². The van der Waals surface area contributed by atoms with Crippen molar-refractivity contribution in [2.24, 2.45) is 5.73 Å². The van der Waals surface area contributed by atoms with Gasteiger partial charge in [0.2, 0.25) is 0 Å². The normalized spacial score (nSPS) is 11.7. The number of amides is 1. The molecule has 36 heavy (non-hydrogen) atoms. The topological polar surface area (TPSA) is 90.6 Å². The molecular weight excluding hydrogens is 452 g/mol. The SMILES string of the molecule is CCCCCCCCCCCCCCCCOC(=O)C(CCCCN)NC(=O)OCc1ccccc1. The van der Waals surface area contributed by atoms with E-state index in [1.165, 1.54) is 77.0 Å². The highest BCUT2D eigenvalue weighted by atomic mass is 16.6.